The number of halogens is 1. The molecule has 0 radical (unpaired) electrons. The monoisotopic (exact) mass is 741 g/mol. The Hall–Kier alpha value is -3.52. The van der Waals surface area contributed by atoms with Gasteiger partial charge in [0.2, 0.25) is 13.6 Å². The molecule has 284 valence electrons. The van der Waals surface area contributed by atoms with E-state index in [1.54, 1.807) is 13.8 Å². The van der Waals surface area contributed by atoms with Gasteiger partial charge in [0.1, 0.15) is 18.3 Å². The Kier molecular flexibility index (Phi) is 15.0. The van der Waals surface area contributed by atoms with Crippen LogP contribution in [0, 0.1) is 17.8 Å². The third-order valence-electron chi connectivity index (χ3n) is 7.27. The molecule has 1 aromatic heterocycles. The summed E-state index contributed by atoms with van der Waals surface area (Å²) >= 11 is 0. The molecule has 0 amide bonds. The molecular weight excluding hydrogens is 696 g/mol. The Labute approximate surface area is 286 Å². The smallest absolute Gasteiger partial charge is 0.456 e. The first kappa shape index (κ1) is 42.6. The molecule has 2 heterocycles. The van der Waals surface area contributed by atoms with Crippen molar-refractivity contribution in [3.8, 4) is 0 Å². The van der Waals surface area contributed by atoms with Crippen molar-refractivity contribution in [2.24, 2.45) is 23.5 Å². The standard InChI is InChI=1S/C29H45FN3O16P/c1-16(2)21(31)24(38)42-13-33-20(35)9-10-32(27(33)39)26-28(8,40)25(48-19(7)34)29(11-30,49-26)12-45-50(41,46-14-43-22(36)17(3)4)47-15-44-23(37)18(5)6/h9-10,16-18,21,25-26,40H,11-15,31H2,1-8H3/t21?,25-,26?,28+,29+/m0/s1. The number of nitrogens with two attached hydrogens (primary N) is 1. The van der Waals surface area contributed by atoms with E-state index in [2.05, 4.69) is 0 Å². The van der Waals surface area contributed by atoms with Crippen LogP contribution in [0.4, 0.5) is 4.39 Å². The lowest BCUT2D eigenvalue weighted by atomic mass is 9.88. The minimum absolute atomic E-state index is 0.334. The predicted molar refractivity (Wildman–Crippen MR) is 166 cm³/mol. The molecule has 1 saturated heterocycles. The zero-order valence-corrected chi connectivity index (χ0v) is 29.9. The van der Waals surface area contributed by atoms with E-state index in [1.165, 1.54) is 27.7 Å². The van der Waals surface area contributed by atoms with Gasteiger partial charge in [-0.25, -0.2) is 27.4 Å². The van der Waals surface area contributed by atoms with Gasteiger partial charge in [0.15, 0.2) is 24.7 Å². The van der Waals surface area contributed by atoms with E-state index in [9.17, 15) is 38.4 Å². The van der Waals surface area contributed by atoms with Gasteiger partial charge < -0.3 is 34.5 Å². The summed E-state index contributed by atoms with van der Waals surface area (Å²) < 4.78 is 71.0. The van der Waals surface area contributed by atoms with E-state index in [4.69, 9.17) is 43.0 Å². The molecule has 1 aromatic rings. The number of nitrogens with zero attached hydrogens (tertiary/aromatic N) is 2. The van der Waals surface area contributed by atoms with Crippen molar-refractivity contribution in [1.29, 1.82) is 0 Å². The third kappa shape index (κ3) is 10.5. The van der Waals surface area contributed by atoms with Crippen LogP contribution in [0.5, 0.6) is 0 Å². The number of rotatable bonds is 18. The first-order valence-electron chi connectivity index (χ1n) is 15.4. The molecule has 5 atom stereocenters. The van der Waals surface area contributed by atoms with Gasteiger partial charge in [-0.15, -0.1) is 0 Å². The molecule has 19 nitrogen and oxygen atoms in total. The summed E-state index contributed by atoms with van der Waals surface area (Å²) in [6.45, 7) is 5.59. The summed E-state index contributed by atoms with van der Waals surface area (Å²) in [6.07, 6.45) is -3.03. The minimum Gasteiger partial charge on any atom is -0.456 e. The van der Waals surface area contributed by atoms with Gasteiger partial charge in [-0.05, 0) is 12.8 Å². The molecule has 0 aliphatic carbocycles. The zero-order chi connectivity index (χ0) is 38.2. The lowest BCUT2D eigenvalue weighted by molar-refractivity contribution is -0.174. The number of aliphatic hydroxyl groups is 1. The number of aromatic nitrogens is 2. The molecule has 0 spiro atoms. The van der Waals surface area contributed by atoms with Crippen LogP contribution in [0.2, 0.25) is 0 Å². The minimum atomic E-state index is -4.95. The summed E-state index contributed by atoms with van der Waals surface area (Å²) in [5.41, 5.74) is -1.41. The van der Waals surface area contributed by atoms with Gasteiger partial charge in [-0.3, -0.25) is 33.1 Å². The molecule has 2 unspecified atom stereocenters. The second-order valence-electron chi connectivity index (χ2n) is 12.5. The Balaban J connectivity index is 2.49. The number of ether oxygens (including phenoxy) is 5. The second-order valence-corrected chi connectivity index (χ2v) is 14.1. The number of phosphoric acid groups is 1. The van der Waals surface area contributed by atoms with Crippen molar-refractivity contribution in [2.45, 2.75) is 91.7 Å². The van der Waals surface area contributed by atoms with Crippen LogP contribution in [0.1, 0.15) is 61.6 Å². The molecule has 1 fully saturated rings. The highest BCUT2D eigenvalue weighted by Crippen LogP contribution is 2.53. The van der Waals surface area contributed by atoms with E-state index in [-0.39, 0.29) is 5.92 Å². The summed E-state index contributed by atoms with van der Waals surface area (Å²) in [5, 5.41) is 11.6. The highest BCUT2D eigenvalue weighted by Gasteiger charge is 2.65. The van der Waals surface area contributed by atoms with E-state index < -0.39 is 118 Å². The number of hydrogen-bond acceptors (Lipinski definition) is 17. The lowest BCUT2D eigenvalue weighted by Crippen LogP contribution is -2.55. The molecular formula is C29H45FN3O16P. The van der Waals surface area contributed by atoms with E-state index >= 15 is 4.39 Å². The van der Waals surface area contributed by atoms with Crippen LogP contribution >= 0.6 is 7.82 Å². The third-order valence-corrected chi connectivity index (χ3v) is 8.56. The van der Waals surface area contributed by atoms with Crippen molar-refractivity contribution >= 4 is 31.7 Å². The van der Waals surface area contributed by atoms with Crippen LogP contribution in [0.15, 0.2) is 21.9 Å². The van der Waals surface area contributed by atoms with Crippen molar-refractivity contribution in [3.05, 3.63) is 33.1 Å². The number of carbonyl (C=O) groups is 4. The maximum atomic E-state index is 15.1. The van der Waals surface area contributed by atoms with Gasteiger partial charge >= 0.3 is 37.4 Å². The first-order valence-corrected chi connectivity index (χ1v) is 16.8. The zero-order valence-electron chi connectivity index (χ0n) is 29.0. The van der Waals surface area contributed by atoms with Crippen molar-refractivity contribution < 1.29 is 70.5 Å². The van der Waals surface area contributed by atoms with Gasteiger partial charge in [0, 0.05) is 19.2 Å². The fourth-order valence-electron chi connectivity index (χ4n) is 4.30. The molecule has 21 heteroatoms. The molecule has 0 aromatic carbocycles. The van der Waals surface area contributed by atoms with Gasteiger partial charge in [0.25, 0.3) is 5.56 Å². The predicted octanol–water partition coefficient (Wildman–Crippen LogP) is 0.885. The normalized spacial score (nSPS) is 22.8. The van der Waals surface area contributed by atoms with E-state index in [1.807, 2.05) is 0 Å². The summed E-state index contributed by atoms with van der Waals surface area (Å²) in [7, 11) is -4.95. The lowest BCUT2D eigenvalue weighted by Gasteiger charge is -2.34. The van der Waals surface area contributed by atoms with Crippen molar-refractivity contribution in [2.75, 3.05) is 26.9 Å². The van der Waals surface area contributed by atoms with Crippen LogP contribution in [-0.2, 0) is 67.7 Å². The Morgan fingerprint density at radius 1 is 0.980 bits per heavy atom. The fraction of sp³-hybridized carbons (Fsp3) is 0.724. The number of hydrogen-bond donors (Lipinski definition) is 2. The molecule has 1 aliphatic rings. The highest BCUT2D eigenvalue weighted by molar-refractivity contribution is 7.48. The maximum Gasteiger partial charge on any atom is 0.480 e. The highest BCUT2D eigenvalue weighted by atomic mass is 31.2. The molecule has 2 rings (SSSR count). The number of carbonyl (C=O) groups excluding carboxylic acids is 4. The average Bonchev–Trinajstić information content (AvgIpc) is 3.24. The molecule has 3 N–H and O–H groups in total. The number of esters is 4. The fourth-order valence-corrected chi connectivity index (χ4v) is 5.27. The molecule has 0 saturated carbocycles. The number of alkyl halides is 1. The Morgan fingerprint density at radius 2 is 1.52 bits per heavy atom. The summed E-state index contributed by atoms with van der Waals surface area (Å²) in [5.74, 6) is -5.04. The van der Waals surface area contributed by atoms with Crippen LogP contribution < -0.4 is 17.0 Å². The molecule has 50 heavy (non-hydrogen) atoms. The number of phosphoric ester groups is 1. The van der Waals surface area contributed by atoms with Crippen molar-refractivity contribution in [3.63, 3.8) is 0 Å². The molecule has 1 aliphatic heterocycles. The van der Waals surface area contributed by atoms with Crippen LogP contribution in [0.3, 0.4) is 0 Å². The summed E-state index contributed by atoms with van der Waals surface area (Å²) in [4.78, 5) is 74.3. The SMILES string of the molecule is CC(=O)O[C@@H]1[C@@](CF)(COP(=O)(OCOC(=O)C(C)C)OCOC(=O)C(C)C)OC(n2ccc(=O)n(COC(=O)C(N)C(C)C)c2=O)[C@]1(C)O. The van der Waals surface area contributed by atoms with Gasteiger partial charge in [0.05, 0.1) is 18.4 Å². The van der Waals surface area contributed by atoms with Crippen LogP contribution in [-0.4, -0.2) is 88.3 Å². The Morgan fingerprint density at radius 3 is 1.98 bits per heavy atom. The van der Waals surface area contributed by atoms with Crippen molar-refractivity contribution in [1.82, 2.24) is 9.13 Å². The average molecular weight is 742 g/mol. The van der Waals surface area contributed by atoms with E-state index in [0.717, 1.165) is 26.1 Å². The first-order chi connectivity index (χ1) is 23.1. The quantitative estimate of drug-likeness (QED) is 0.0917. The Bertz CT molecular complexity index is 1510. The summed E-state index contributed by atoms with van der Waals surface area (Å²) in [6, 6.07) is -0.213. The maximum absolute atomic E-state index is 15.1. The second kappa shape index (κ2) is 17.6. The van der Waals surface area contributed by atoms with Gasteiger partial charge in [-0.1, -0.05) is 41.5 Å². The van der Waals surface area contributed by atoms with E-state index in [0.29, 0.717) is 9.13 Å². The van der Waals surface area contributed by atoms with Crippen LogP contribution in [0.25, 0.3) is 0 Å². The molecule has 0 bridgehead atoms. The van der Waals surface area contributed by atoms with Gasteiger partial charge in [-0.2, -0.15) is 0 Å². The topological polar surface area (TPSA) is 249 Å². The largest absolute Gasteiger partial charge is 0.480 e.